The molecule has 1 N–H and O–H groups in total. The highest BCUT2D eigenvalue weighted by Gasteiger charge is 2.27. The van der Waals surface area contributed by atoms with Crippen molar-refractivity contribution >= 4 is 11.3 Å². The SMILES string of the molecule is Cc1ccccc1-c1ncc(CN2CCN(Cc3cccs3)[C@@H](CCO)C2)cn1. The van der Waals surface area contributed by atoms with Crippen molar-refractivity contribution < 1.29 is 5.11 Å². The van der Waals surface area contributed by atoms with Gasteiger partial charge in [-0.2, -0.15) is 0 Å². The van der Waals surface area contributed by atoms with Crippen molar-refractivity contribution in [3.63, 3.8) is 0 Å². The van der Waals surface area contributed by atoms with Gasteiger partial charge in [0.15, 0.2) is 5.82 Å². The zero-order chi connectivity index (χ0) is 20.1. The van der Waals surface area contributed by atoms with E-state index in [-0.39, 0.29) is 6.61 Å². The van der Waals surface area contributed by atoms with E-state index >= 15 is 0 Å². The summed E-state index contributed by atoms with van der Waals surface area (Å²) in [7, 11) is 0. The van der Waals surface area contributed by atoms with E-state index < -0.39 is 0 Å². The standard InChI is InChI=1S/C23H28N4OS/c1-18-5-2-3-7-22(18)23-24-13-19(14-25-23)15-26-9-10-27(20(16-26)8-11-28)17-21-6-4-12-29-21/h2-7,12-14,20,28H,8-11,15-17H2,1H3/t20-/m0/s1. The van der Waals surface area contributed by atoms with E-state index in [0.717, 1.165) is 56.1 Å². The van der Waals surface area contributed by atoms with Crippen LogP contribution in [0.2, 0.25) is 0 Å². The third kappa shape index (κ3) is 5.08. The zero-order valence-corrected chi connectivity index (χ0v) is 17.7. The van der Waals surface area contributed by atoms with Gasteiger partial charge in [-0.3, -0.25) is 9.80 Å². The van der Waals surface area contributed by atoms with Gasteiger partial charge < -0.3 is 5.11 Å². The van der Waals surface area contributed by atoms with Gasteiger partial charge in [0.2, 0.25) is 0 Å². The molecule has 0 saturated carbocycles. The molecule has 0 radical (unpaired) electrons. The summed E-state index contributed by atoms with van der Waals surface area (Å²) in [6.45, 7) is 7.15. The molecule has 0 bridgehead atoms. The molecule has 0 amide bonds. The van der Waals surface area contributed by atoms with Gasteiger partial charge in [-0.25, -0.2) is 9.97 Å². The maximum atomic E-state index is 9.54. The van der Waals surface area contributed by atoms with Crippen molar-refractivity contribution in [2.24, 2.45) is 0 Å². The maximum Gasteiger partial charge on any atom is 0.159 e. The van der Waals surface area contributed by atoms with Gasteiger partial charge in [0.05, 0.1) is 0 Å². The Morgan fingerprint density at radius 2 is 1.90 bits per heavy atom. The van der Waals surface area contributed by atoms with Crippen molar-refractivity contribution in [3.8, 4) is 11.4 Å². The van der Waals surface area contributed by atoms with Gasteiger partial charge in [-0.05, 0) is 30.4 Å². The molecule has 3 aromatic rings. The van der Waals surface area contributed by atoms with Gasteiger partial charge in [0.25, 0.3) is 0 Å². The summed E-state index contributed by atoms with van der Waals surface area (Å²) in [4.78, 5) is 15.6. The number of hydrogen-bond acceptors (Lipinski definition) is 6. The van der Waals surface area contributed by atoms with Crippen LogP contribution in [0.25, 0.3) is 11.4 Å². The van der Waals surface area contributed by atoms with Crippen LogP contribution >= 0.6 is 11.3 Å². The molecule has 4 rings (SSSR count). The van der Waals surface area contributed by atoms with Crippen LogP contribution < -0.4 is 0 Å². The number of rotatable bonds is 7. The fourth-order valence-corrected chi connectivity index (χ4v) is 4.72. The second-order valence-electron chi connectivity index (χ2n) is 7.68. The highest BCUT2D eigenvalue weighted by molar-refractivity contribution is 7.09. The normalized spacial score (nSPS) is 18.2. The Hall–Kier alpha value is -2.12. The van der Waals surface area contributed by atoms with Crippen LogP contribution in [0.1, 0.15) is 22.4 Å². The van der Waals surface area contributed by atoms with E-state index in [2.05, 4.69) is 56.3 Å². The van der Waals surface area contributed by atoms with Crippen LogP contribution in [0.5, 0.6) is 0 Å². The minimum Gasteiger partial charge on any atom is -0.396 e. The first-order valence-electron chi connectivity index (χ1n) is 10.2. The Morgan fingerprint density at radius 1 is 1.07 bits per heavy atom. The Balaban J connectivity index is 1.39. The second-order valence-corrected chi connectivity index (χ2v) is 8.71. The summed E-state index contributed by atoms with van der Waals surface area (Å²) in [6.07, 6.45) is 4.71. The van der Waals surface area contributed by atoms with Crippen molar-refractivity contribution in [2.75, 3.05) is 26.2 Å². The molecule has 1 aliphatic heterocycles. The number of aliphatic hydroxyl groups is 1. The number of aromatic nitrogens is 2. The van der Waals surface area contributed by atoms with Crippen LogP contribution in [0.4, 0.5) is 0 Å². The lowest BCUT2D eigenvalue weighted by molar-refractivity contribution is 0.0505. The smallest absolute Gasteiger partial charge is 0.159 e. The fraction of sp³-hybridized carbons (Fsp3) is 0.391. The van der Waals surface area contributed by atoms with Crippen molar-refractivity contribution in [3.05, 3.63) is 70.2 Å². The number of hydrogen-bond donors (Lipinski definition) is 1. The van der Waals surface area contributed by atoms with Crippen molar-refractivity contribution in [1.82, 2.24) is 19.8 Å². The van der Waals surface area contributed by atoms with E-state index in [1.165, 1.54) is 10.4 Å². The molecule has 1 atom stereocenters. The Bertz CT molecular complexity index is 898. The number of aryl methyl sites for hydroxylation is 1. The molecule has 3 heterocycles. The Labute approximate surface area is 176 Å². The molecule has 152 valence electrons. The molecular weight excluding hydrogens is 380 g/mol. The lowest BCUT2D eigenvalue weighted by Gasteiger charge is -2.41. The third-order valence-electron chi connectivity index (χ3n) is 5.59. The largest absolute Gasteiger partial charge is 0.396 e. The minimum absolute atomic E-state index is 0.230. The molecule has 0 aliphatic carbocycles. The van der Waals surface area contributed by atoms with Gasteiger partial charge in [0, 0.05) is 73.8 Å². The zero-order valence-electron chi connectivity index (χ0n) is 16.9. The summed E-state index contributed by atoms with van der Waals surface area (Å²) in [5.74, 6) is 0.783. The highest BCUT2D eigenvalue weighted by Crippen LogP contribution is 2.21. The lowest BCUT2D eigenvalue weighted by atomic mass is 10.1. The first-order valence-corrected chi connectivity index (χ1v) is 11.1. The molecule has 1 fully saturated rings. The maximum absolute atomic E-state index is 9.54. The first kappa shape index (κ1) is 20.2. The third-order valence-corrected chi connectivity index (χ3v) is 6.45. The van der Waals surface area contributed by atoms with E-state index in [9.17, 15) is 5.11 Å². The predicted octanol–water partition coefficient (Wildman–Crippen LogP) is 3.58. The molecule has 0 spiro atoms. The van der Waals surface area contributed by atoms with Crippen LogP contribution in [-0.2, 0) is 13.1 Å². The Morgan fingerprint density at radius 3 is 2.62 bits per heavy atom. The molecule has 6 heteroatoms. The lowest BCUT2D eigenvalue weighted by Crippen LogP contribution is -2.52. The number of benzene rings is 1. The molecule has 1 saturated heterocycles. The predicted molar refractivity (Wildman–Crippen MR) is 118 cm³/mol. The topological polar surface area (TPSA) is 52.5 Å². The number of thiophene rings is 1. The molecule has 0 unspecified atom stereocenters. The van der Waals surface area contributed by atoms with E-state index in [1.54, 1.807) is 11.3 Å². The van der Waals surface area contributed by atoms with Crippen LogP contribution in [0.3, 0.4) is 0 Å². The molecular formula is C23H28N4OS. The molecule has 5 nitrogen and oxygen atoms in total. The van der Waals surface area contributed by atoms with Gasteiger partial charge in [-0.15, -0.1) is 11.3 Å². The van der Waals surface area contributed by atoms with E-state index in [0.29, 0.717) is 6.04 Å². The summed E-state index contributed by atoms with van der Waals surface area (Å²) >= 11 is 1.81. The fourth-order valence-electron chi connectivity index (χ4n) is 3.99. The highest BCUT2D eigenvalue weighted by atomic mass is 32.1. The average molecular weight is 409 g/mol. The monoisotopic (exact) mass is 408 g/mol. The second kappa shape index (κ2) is 9.59. The van der Waals surface area contributed by atoms with Gasteiger partial charge in [-0.1, -0.05) is 30.3 Å². The van der Waals surface area contributed by atoms with Crippen molar-refractivity contribution in [1.29, 1.82) is 0 Å². The Kier molecular flexibility index (Phi) is 6.67. The minimum atomic E-state index is 0.230. The van der Waals surface area contributed by atoms with E-state index in [4.69, 9.17) is 0 Å². The molecule has 2 aromatic heterocycles. The summed E-state index contributed by atoms with van der Waals surface area (Å²) in [5.41, 5.74) is 3.41. The van der Waals surface area contributed by atoms with Gasteiger partial charge >= 0.3 is 0 Å². The molecule has 1 aliphatic rings. The quantitative estimate of drug-likeness (QED) is 0.648. The molecule has 29 heavy (non-hydrogen) atoms. The summed E-state index contributed by atoms with van der Waals surface area (Å²) in [6, 6.07) is 12.9. The van der Waals surface area contributed by atoms with E-state index in [1.807, 2.05) is 24.5 Å². The van der Waals surface area contributed by atoms with Gasteiger partial charge in [0.1, 0.15) is 0 Å². The van der Waals surface area contributed by atoms with Crippen LogP contribution in [-0.4, -0.2) is 57.2 Å². The van der Waals surface area contributed by atoms with Crippen molar-refractivity contribution in [2.45, 2.75) is 32.5 Å². The van der Waals surface area contributed by atoms with Crippen LogP contribution in [0, 0.1) is 6.92 Å². The number of aliphatic hydroxyl groups excluding tert-OH is 1. The molecule has 1 aromatic carbocycles. The number of piperazine rings is 1. The first-order chi connectivity index (χ1) is 14.2. The average Bonchev–Trinajstić information content (AvgIpc) is 3.24. The van der Waals surface area contributed by atoms with Crippen LogP contribution in [0.15, 0.2) is 54.2 Å². The summed E-state index contributed by atoms with van der Waals surface area (Å²) in [5, 5.41) is 11.7. The summed E-state index contributed by atoms with van der Waals surface area (Å²) < 4.78 is 0. The number of nitrogens with zero attached hydrogens (tertiary/aromatic N) is 4.